The van der Waals surface area contributed by atoms with Crippen molar-refractivity contribution < 1.29 is 14.3 Å². The molecule has 3 rings (SSSR count). The van der Waals surface area contributed by atoms with Crippen LogP contribution in [0.15, 0.2) is 53.5 Å². The summed E-state index contributed by atoms with van der Waals surface area (Å²) in [6, 6.07) is 12.6. The fraction of sp³-hybridized carbons (Fsp3) is 0.333. The number of amides is 2. The highest BCUT2D eigenvalue weighted by atomic mass is 16.5. The van der Waals surface area contributed by atoms with Crippen LogP contribution in [0.4, 0.5) is 10.5 Å². The van der Waals surface area contributed by atoms with Crippen LogP contribution in [0.3, 0.4) is 0 Å². The molecule has 0 aliphatic carbocycles. The van der Waals surface area contributed by atoms with Crippen LogP contribution in [-0.4, -0.2) is 31.4 Å². The standard InChI is InChI=1S/C24H29N3O4/c1-16(2)14-27-15-21(19-7-5-6-8-20(19)23(27)28)26-24(29)25-12-11-17-9-10-18(30-3)13-22(17)31-4/h5-10,13,15-16H,11-12,14H2,1-4H3,(H2,25,26,29). The van der Waals surface area contributed by atoms with Gasteiger partial charge in [0.2, 0.25) is 0 Å². The zero-order chi connectivity index (χ0) is 22.4. The van der Waals surface area contributed by atoms with Crippen molar-refractivity contribution in [3.63, 3.8) is 0 Å². The highest BCUT2D eigenvalue weighted by Gasteiger charge is 2.12. The van der Waals surface area contributed by atoms with Gasteiger partial charge in [-0.3, -0.25) is 4.79 Å². The fourth-order valence-corrected chi connectivity index (χ4v) is 3.51. The number of rotatable bonds is 8. The first kappa shape index (κ1) is 22.2. The van der Waals surface area contributed by atoms with Gasteiger partial charge in [-0.2, -0.15) is 0 Å². The second-order valence-corrected chi connectivity index (χ2v) is 7.75. The first-order valence-electron chi connectivity index (χ1n) is 10.3. The van der Waals surface area contributed by atoms with Gasteiger partial charge in [-0.1, -0.05) is 38.1 Å². The summed E-state index contributed by atoms with van der Waals surface area (Å²) in [4.78, 5) is 25.3. The van der Waals surface area contributed by atoms with E-state index in [1.165, 1.54) is 0 Å². The Hall–Kier alpha value is -3.48. The highest BCUT2D eigenvalue weighted by Crippen LogP contribution is 2.25. The topological polar surface area (TPSA) is 81.6 Å². The van der Waals surface area contributed by atoms with Gasteiger partial charge in [-0.25, -0.2) is 4.79 Å². The van der Waals surface area contributed by atoms with Crippen LogP contribution in [0.1, 0.15) is 19.4 Å². The van der Waals surface area contributed by atoms with Crippen LogP contribution in [0, 0.1) is 5.92 Å². The van der Waals surface area contributed by atoms with Crippen molar-refractivity contribution in [1.29, 1.82) is 0 Å². The number of anilines is 1. The molecule has 2 amide bonds. The molecule has 0 unspecified atom stereocenters. The second-order valence-electron chi connectivity index (χ2n) is 7.75. The van der Waals surface area contributed by atoms with Crippen LogP contribution in [-0.2, 0) is 13.0 Å². The number of methoxy groups -OCH3 is 2. The SMILES string of the molecule is COc1ccc(CCNC(=O)Nc2cn(CC(C)C)c(=O)c3ccccc23)c(OC)c1. The molecule has 31 heavy (non-hydrogen) atoms. The van der Waals surface area contributed by atoms with Gasteiger partial charge in [0, 0.05) is 36.1 Å². The van der Waals surface area contributed by atoms with E-state index in [1.807, 2.05) is 36.4 Å². The number of carbonyl (C=O) groups is 1. The number of urea groups is 1. The van der Waals surface area contributed by atoms with Gasteiger partial charge in [0.25, 0.3) is 5.56 Å². The molecule has 0 aliphatic heterocycles. The molecule has 0 saturated heterocycles. The van der Waals surface area contributed by atoms with Gasteiger partial charge in [0.1, 0.15) is 11.5 Å². The van der Waals surface area contributed by atoms with E-state index in [0.717, 1.165) is 16.7 Å². The number of fused-ring (bicyclic) bond motifs is 1. The number of carbonyl (C=O) groups excluding carboxylic acids is 1. The molecule has 164 valence electrons. The molecule has 0 atom stereocenters. The van der Waals surface area contributed by atoms with Crippen LogP contribution in [0.5, 0.6) is 11.5 Å². The van der Waals surface area contributed by atoms with E-state index in [-0.39, 0.29) is 11.6 Å². The second kappa shape index (κ2) is 10.0. The quantitative estimate of drug-likeness (QED) is 0.573. The van der Waals surface area contributed by atoms with E-state index in [0.29, 0.717) is 42.3 Å². The third kappa shape index (κ3) is 5.36. The maximum atomic E-state index is 12.8. The predicted molar refractivity (Wildman–Crippen MR) is 123 cm³/mol. The molecule has 0 bridgehead atoms. The van der Waals surface area contributed by atoms with Gasteiger partial charge in [0.05, 0.1) is 19.9 Å². The predicted octanol–water partition coefficient (Wildman–Crippen LogP) is 4.04. The lowest BCUT2D eigenvalue weighted by Crippen LogP contribution is -2.31. The van der Waals surface area contributed by atoms with Gasteiger partial charge < -0.3 is 24.7 Å². The van der Waals surface area contributed by atoms with Gasteiger partial charge in [0.15, 0.2) is 0 Å². The Labute approximate surface area is 182 Å². The molecule has 3 aromatic rings. The smallest absolute Gasteiger partial charge is 0.319 e. The Bertz CT molecular complexity index is 1120. The Kier molecular flexibility index (Phi) is 7.18. The van der Waals surface area contributed by atoms with E-state index in [9.17, 15) is 9.59 Å². The van der Waals surface area contributed by atoms with Crippen molar-refractivity contribution >= 4 is 22.5 Å². The third-order valence-electron chi connectivity index (χ3n) is 4.98. The lowest BCUT2D eigenvalue weighted by molar-refractivity contribution is 0.252. The molecule has 1 heterocycles. The number of nitrogens with one attached hydrogen (secondary N) is 2. The maximum absolute atomic E-state index is 12.8. The van der Waals surface area contributed by atoms with Crippen molar-refractivity contribution in [3.05, 3.63) is 64.6 Å². The molecule has 0 fully saturated rings. The molecule has 0 saturated carbocycles. The van der Waals surface area contributed by atoms with E-state index < -0.39 is 0 Å². The Balaban J connectivity index is 1.72. The molecule has 7 nitrogen and oxygen atoms in total. The minimum Gasteiger partial charge on any atom is -0.497 e. The van der Waals surface area contributed by atoms with Crippen molar-refractivity contribution in [1.82, 2.24) is 9.88 Å². The Morgan fingerprint density at radius 3 is 2.48 bits per heavy atom. The van der Waals surface area contributed by atoms with Crippen LogP contribution in [0.25, 0.3) is 10.8 Å². The number of nitrogens with zero attached hydrogens (tertiary/aromatic N) is 1. The summed E-state index contributed by atoms with van der Waals surface area (Å²) in [6.07, 6.45) is 2.32. The molecule has 1 aromatic heterocycles. The van der Waals surface area contributed by atoms with Gasteiger partial charge in [-0.05, 0) is 30.0 Å². The van der Waals surface area contributed by atoms with E-state index >= 15 is 0 Å². The number of hydrogen-bond acceptors (Lipinski definition) is 4. The zero-order valence-corrected chi connectivity index (χ0v) is 18.4. The van der Waals surface area contributed by atoms with Crippen LogP contribution < -0.4 is 25.7 Å². The van der Waals surface area contributed by atoms with Gasteiger partial charge in [-0.15, -0.1) is 0 Å². The normalized spacial score (nSPS) is 10.9. The number of ether oxygens (including phenoxy) is 2. The third-order valence-corrected chi connectivity index (χ3v) is 4.98. The minimum absolute atomic E-state index is 0.0538. The summed E-state index contributed by atoms with van der Waals surface area (Å²) in [5.74, 6) is 1.74. The summed E-state index contributed by atoms with van der Waals surface area (Å²) in [6.45, 7) is 5.11. The van der Waals surface area contributed by atoms with Crippen molar-refractivity contribution in [2.75, 3.05) is 26.1 Å². The molecule has 2 N–H and O–H groups in total. The first-order chi connectivity index (χ1) is 14.9. The molecule has 0 radical (unpaired) electrons. The lowest BCUT2D eigenvalue weighted by atomic mass is 10.1. The Morgan fingerprint density at radius 1 is 1.06 bits per heavy atom. The fourth-order valence-electron chi connectivity index (χ4n) is 3.51. The van der Waals surface area contributed by atoms with E-state index in [1.54, 1.807) is 31.0 Å². The minimum atomic E-state index is -0.327. The number of aromatic nitrogens is 1. The lowest BCUT2D eigenvalue weighted by Gasteiger charge is -2.15. The summed E-state index contributed by atoms with van der Waals surface area (Å²) < 4.78 is 12.3. The van der Waals surface area contributed by atoms with Gasteiger partial charge >= 0.3 is 6.03 Å². The average molecular weight is 424 g/mol. The van der Waals surface area contributed by atoms with E-state index in [2.05, 4.69) is 24.5 Å². The molecular formula is C24H29N3O4. The number of benzene rings is 2. The Morgan fingerprint density at radius 2 is 1.81 bits per heavy atom. The van der Waals surface area contributed by atoms with Crippen molar-refractivity contribution in [2.24, 2.45) is 5.92 Å². The average Bonchev–Trinajstić information content (AvgIpc) is 2.76. The van der Waals surface area contributed by atoms with E-state index in [4.69, 9.17) is 9.47 Å². The van der Waals surface area contributed by atoms with Crippen molar-refractivity contribution in [2.45, 2.75) is 26.8 Å². The largest absolute Gasteiger partial charge is 0.497 e. The zero-order valence-electron chi connectivity index (χ0n) is 18.4. The molecule has 7 heteroatoms. The van der Waals surface area contributed by atoms with Crippen molar-refractivity contribution in [3.8, 4) is 11.5 Å². The highest BCUT2D eigenvalue weighted by molar-refractivity contribution is 6.00. The maximum Gasteiger partial charge on any atom is 0.319 e. The first-order valence-corrected chi connectivity index (χ1v) is 10.3. The van der Waals surface area contributed by atoms with Crippen LogP contribution >= 0.6 is 0 Å². The monoisotopic (exact) mass is 423 g/mol. The number of pyridine rings is 1. The summed E-state index contributed by atoms with van der Waals surface area (Å²) >= 11 is 0. The summed E-state index contributed by atoms with van der Waals surface area (Å²) in [7, 11) is 3.21. The summed E-state index contributed by atoms with van der Waals surface area (Å²) in [5, 5.41) is 7.08. The molecule has 0 aliphatic rings. The van der Waals surface area contributed by atoms with Crippen LogP contribution in [0.2, 0.25) is 0 Å². The number of hydrogen-bond donors (Lipinski definition) is 2. The molecular weight excluding hydrogens is 394 g/mol. The molecule has 2 aromatic carbocycles. The summed E-state index contributed by atoms with van der Waals surface area (Å²) in [5.41, 5.74) is 1.52. The molecule has 0 spiro atoms.